The number of amides is 1. The summed E-state index contributed by atoms with van der Waals surface area (Å²) in [6, 6.07) is 8.08. The monoisotopic (exact) mass is 432 g/mol. The molecule has 0 aliphatic carbocycles. The Bertz CT molecular complexity index is 731. The summed E-state index contributed by atoms with van der Waals surface area (Å²) >= 11 is 0. The molecule has 1 aromatic heterocycles. The van der Waals surface area contributed by atoms with E-state index in [0.717, 1.165) is 50.5 Å². The van der Waals surface area contributed by atoms with E-state index in [9.17, 15) is 4.79 Å². The Morgan fingerprint density at radius 1 is 1.25 bits per heavy atom. The first-order valence-electron chi connectivity index (χ1n) is 9.11. The van der Waals surface area contributed by atoms with Crippen LogP contribution in [0.3, 0.4) is 0 Å². The first kappa shape index (κ1) is 24.7. The molecule has 1 fully saturated rings. The summed E-state index contributed by atoms with van der Waals surface area (Å²) < 4.78 is 12.8. The van der Waals surface area contributed by atoms with Crippen LogP contribution < -0.4 is 11.1 Å². The van der Waals surface area contributed by atoms with E-state index in [0.29, 0.717) is 6.54 Å². The molecule has 1 saturated heterocycles. The number of halogens is 2. The maximum absolute atomic E-state index is 12.1. The van der Waals surface area contributed by atoms with Crippen LogP contribution in [-0.2, 0) is 20.8 Å². The highest BCUT2D eigenvalue weighted by atomic mass is 35.5. The smallest absolute Gasteiger partial charge is 0.227 e. The highest BCUT2D eigenvalue weighted by Gasteiger charge is 2.13. The number of carbonyl (C=O) groups excluding carboxylic acids is 1. The van der Waals surface area contributed by atoms with Crippen LogP contribution in [0.25, 0.3) is 10.9 Å². The van der Waals surface area contributed by atoms with Gasteiger partial charge in [-0.05, 0) is 24.3 Å². The summed E-state index contributed by atoms with van der Waals surface area (Å²) in [6.45, 7) is 5.94. The number of carbonyl (C=O) groups is 1. The Hall–Kier alpha value is -1.35. The minimum atomic E-state index is -0.250. The van der Waals surface area contributed by atoms with E-state index in [2.05, 4.69) is 33.1 Å². The van der Waals surface area contributed by atoms with Crippen molar-refractivity contribution in [1.82, 2.24) is 9.47 Å². The van der Waals surface area contributed by atoms with Crippen LogP contribution in [0.2, 0.25) is 0 Å². The fourth-order valence-electron chi connectivity index (χ4n) is 3.23. The lowest BCUT2D eigenvalue weighted by Crippen LogP contribution is -2.38. The van der Waals surface area contributed by atoms with Gasteiger partial charge >= 0.3 is 0 Å². The molecule has 1 atom stereocenters. The molecule has 1 aromatic carbocycles. The number of hydrogen-bond donors (Lipinski definition) is 2. The number of methoxy groups -OCH3 is 1. The van der Waals surface area contributed by atoms with Gasteiger partial charge in [0.15, 0.2) is 0 Å². The second-order valence-electron chi connectivity index (χ2n) is 6.58. The topological polar surface area (TPSA) is 81.8 Å². The summed E-state index contributed by atoms with van der Waals surface area (Å²) in [5, 5.41) is 4.04. The molecule has 1 unspecified atom stereocenters. The van der Waals surface area contributed by atoms with E-state index in [1.165, 1.54) is 5.52 Å². The summed E-state index contributed by atoms with van der Waals surface area (Å²) in [5.74, 6) is -0.0894. The van der Waals surface area contributed by atoms with Crippen molar-refractivity contribution in [2.45, 2.75) is 19.1 Å². The molecule has 2 heterocycles. The van der Waals surface area contributed by atoms with Crippen LogP contribution in [-0.4, -0.2) is 68.0 Å². The van der Waals surface area contributed by atoms with Crippen LogP contribution in [0.1, 0.15) is 6.42 Å². The molecule has 0 spiro atoms. The number of aromatic nitrogens is 1. The predicted molar refractivity (Wildman–Crippen MR) is 117 cm³/mol. The van der Waals surface area contributed by atoms with Crippen LogP contribution in [0.15, 0.2) is 30.5 Å². The zero-order chi connectivity index (χ0) is 18.4. The predicted octanol–water partition coefficient (Wildman–Crippen LogP) is 2.12. The van der Waals surface area contributed by atoms with Crippen molar-refractivity contribution in [2.75, 3.05) is 51.8 Å². The summed E-state index contributed by atoms with van der Waals surface area (Å²) in [5.41, 5.74) is 7.53. The van der Waals surface area contributed by atoms with Crippen LogP contribution >= 0.6 is 24.8 Å². The van der Waals surface area contributed by atoms with Crippen LogP contribution in [0.4, 0.5) is 5.69 Å². The third kappa shape index (κ3) is 6.62. The number of nitrogens with one attached hydrogen (secondary N) is 1. The number of nitrogens with zero attached hydrogens (tertiary/aromatic N) is 2. The van der Waals surface area contributed by atoms with Gasteiger partial charge in [0.25, 0.3) is 0 Å². The standard InChI is InChI=1S/C19H28N4O3.2ClH/c1-25-17(14-20)13-19(24)21-16-2-3-18-15(12-16)4-5-23(18)7-6-22-8-10-26-11-9-22;;/h2-5,12,17H,6-11,13-14,20H2,1H3,(H,21,24);2*1H. The second-order valence-corrected chi connectivity index (χ2v) is 6.58. The highest BCUT2D eigenvalue weighted by molar-refractivity contribution is 5.94. The zero-order valence-electron chi connectivity index (χ0n) is 16.1. The molecule has 1 aliphatic rings. The van der Waals surface area contributed by atoms with Crippen molar-refractivity contribution in [3.05, 3.63) is 30.5 Å². The van der Waals surface area contributed by atoms with Crippen LogP contribution in [0.5, 0.6) is 0 Å². The van der Waals surface area contributed by atoms with Crippen molar-refractivity contribution in [3.8, 4) is 0 Å². The second kappa shape index (κ2) is 12.3. The molecule has 0 bridgehead atoms. The Morgan fingerprint density at radius 2 is 2.00 bits per heavy atom. The molecule has 3 N–H and O–H groups in total. The van der Waals surface area contributed by atoms with Crippen molar-refractivity contribution in [2.24, 2.45) is 5.73 Å². The fraction of sp³-hybridized carbons (Fsp3) is 0.526. The number of anilines is 1. The number of rotatable bonds is 8. The lowest BCUT2D eigenvalue weighted by molar-refractivity contribution is -0.118. The first-order valence-corrected chi connectivity index (χ1v) is 9.11. The number of benzene rings is 1. The van der Waals surface area contributed by atoms with E-state index in [-0.39, 0.29) is 43.2 Å². The van der Waals surface area contributed by atoms with Gasteiger partial charge < -0.3 is 25.1 Å². The highest BCUT2D eigenvalue weighted by Crippen LogP contribution is 2.21. The third-order valence-corrected chi connectivity index (χ3v) is 4.82. The Morgan fingerprint density at radius 3 is 2.68 bits per heavy atom. The maximum atomic E-state index is 12.1. The summed E-state index contributed by atoms with van der Waals surface area (Å²) in [4.78, 5) is 14.5. The lowest BCUT2D eigenvalue weighted by Gasteiger charge is -2.26. The number of morpholine rings is 1. The largest absolute Gasteiger partial charge is 0.380 e. The molecular formula is C19H30Cl2N4O3. The van der Waals surface area contributed by atoms with Crippen molar-refractivity contribution in [1.29, 1.82) is 0 Å². The van der Waals surface area contributed by atoms with Gasteiger partial charge in [-0.25, -0.2) is 0 Å². The normalized spacial score (nSPS) is 15.5. The minimum Gasteiger partial charge on any atom is -0.380 e. The first-order chi connectivity index (χ1) is 12.7. The molecule has 1 amide bonds. The number of ether oxygens (including phenoxy) is 2. The molecule has 28 heavy (non-hydrogen) atoms. The van der Waals surface area contributed by atoms with Crippen molar-refractivity contribution < 1.29 is 14.3 Å². The van der Waals surface area contributed by atoms with Crippen molar-refractivity contribution >= 4 is 47.3 Å². The van der Waals surface area contributed by atoms with Gasteiger partial charge in [0, 0.05) is 62.6 Å². The van der Waals surface area contributed by atoms with Crippen LogP contribution in [0, 0.1) is 0 Å². The number of nitrogens with two attached hydrogens (primary N) is 1. The summed E-state index contributed by atoms with van der Waals surface area (Å²) in [6.07, 6.45) is 2.11. The molecule has 0 saturated carbocycles. The van der Waals surface area contributed by atoms with Gasteiger partial charge in [-0.3, -0.25) is 9.69 Å². The molecule has 1 aliphatic heterocycles. The average molecular weight is 433 g/mol. The maximum Gasteiger partial charge on any atom is 0.227 e. The summed E-state index contributed by atoms with van der Waals surface area (Å²) in [7, 11) is 1.57. The molecule has 7 nitrogen and oxygen atoms in total. The molecule has 0 radical (unpaired) electrons. The minimum absolute atomic E-state index is 0. The van der Waals surface area contributed by atoms with E-state index < -0.39 is 0 Å². The van der Waals surface area contributed by atoms with Gasteiger partial charge in [-0.1, -0.05) is 0 Å². The number of fused-ring (bicyclic) bond motifs is 1. The van der Waals surface area contributed by atoms with E-state index >= 15 is 0 Å². The fourth-order valence-corrected chi connectivity index (χ4v) is 3.23. The van der Waals surface area contributed by atoms with Gasteiger partial charge in [0.05, 0.1) is 25.7 Å². The van der Waals surface area contributed by atoms with E-state index in [4.69, 9.17) is 15.2 Å². The Labute approximate surface area is 178 Å². The lowest BCUT2D eigenvalue weighted by atomic mass is 10.2. The average Bonchev–Trinajstić information content (AvgIpc) is 3.07. The quantitative estimate of drug-likeness (QED) is 0.667. The molecule has 3 rings (SSSR count). The van der Waals surface area contributed by atoms with Gasteiger partial charge in [0.2, 0.25) is 5.91 Å². The van der Waals surface area contributed by atoms with Gasteiger partial charge in [-0.15, -0.1) is 24.8 Å². The molecule has 158 valence electrons. The van der Waals surface area contributed by atoms with Gasteiger partial charge in [0.1, 0.15) is 0 Å². The SMILES string of the molecule is COC(CN)CC(=O)Nc1ccc2c(ccn2CCN2CCOCC2)c1.Cl.Cl. The third-order valence-electron chi connectivity index (χ3n) is 4.82. The zero-order valence-corrected chi connectivity index (χ0v) is 17.8. The van der Waals surface area contributed by atoms with Crippen molar-refractivity contribution in [3.63, 3.8) is 0 Å². The van der Waals surface area contributed by atoms with E-state index in [1.807, 2.05) is 12.1 Å². The van der Waals surface area contributed by atoms with Gasteiger partial charge in [-0.2, -0.15) is 0 Å². The Kier molecular flexibility index (Phi) is 10.8. The molecule has 9 heteroatoms. The number of hydrogen-bond acceptors (Lipinski definition) is 5. The Balaban J connectivity index is 0.00000196. The molecule has 2 aromatic rings. The molecular weight excluding hydrogens is 403 g/mol. The van der Waals surface area contributed by atoms with E-state index in [1.54, 1.807) is 7.11 Å².